The van der Waals surface area contributed by atoms with E-state index in [4.69, 9.17) is 28.2 Å². The zero-order chi connectivity index (χ0) is 35.3. The number of aryl methyl sites for hydroxylation is 2. The van der Waals surface area contributed by atoms with E-state index in [1.807, 2.05) is 30.8 Å². The molecule has 51 heavy (non-hydrogen) atoms. The van der Waals surface area contributed by atoms with Crippen LogP contribution in [-0.2, 0) is 11.2 Å². The summed E-state index contributed by atoms with van der Waals surface area (Å²) >= 11 is 13.1. The van der Waals surface area contributed by atoms with E-state index in [0.29, 0.717) is 58.1 Å². The van der Waals surface area contributed by atoms with E-state index in [2.05, 4.69) is 43.8 Å². The summed E-state index contributed by atoms with van der Waals surface area (Å²) in [5.74, 6) is 0.162. The molecule has 2 bridgehead atoms. The van der Waals surface area contributed by atoms with Gasteiger partial charge in [-0.1, -0.05) is 47.1 Å². The Hall–Kier alpha value is -4.30. The Kier molecular flexibility index (Phi) is 7.76. The van der Waals surface area contributed by atoms with Crippen molar-refractivity contribution in [2.75, 3.05) is 13.1 Å². The maximum absolute atomic E-state index is 17.2. The number of hydrogen-bond acceptors (Lipinski definition) is 6. The zero-order valence-electron chi connectivity index (χ0n) is 28.5. The van der Waals surface area contributed by atoms with Crippen LogP contribution in [0.15, 0.2) is 43.1 Å². The van der Waals surface area contributed by atoms with Gasteiger partial charge in [0.25, 0.3) is 0 Å². The maximum Gasteiger partial charge on any atom is 0.226 e. The minimum Gasteiger partial charge on any atom is -0.337 e. The Morgan fingerprint density at radius 1 is 1.20 bits per heavy atom. The molecule has 6 heterocycles. The summed E-state index contributed by atoms with van der Waals surface area (Å²) in [6.45, 7) is 9.32. The number of carbonyl (C=O) groups is 1. The van der Waals surface area contributed by atoms with Gasteiger partial charge in [-0.3, -0.25) is 4.79 Å². The lowest BCUT2D eigenvalue weighted by Gasteiger charge is -2.39. The van der Waals surface area contributed by atoms with Crippen LogP contribution in [0.25, 0.3) is 38.5 Å². The van der Waals surface area contributed by atoms with E-state index >= 15 is 4.39 Å². The molecule has 2 unspecified atom stereocenters. The summed E-state index contributed by atoms with van der Waals surface area (Å²) in [6, 6.07) is 11.8. The average Bonchev–Trinajstić information content (AvgIpc) is 3.61. The number of aromatic nitrogens is 5. The van der Waals surface area contributed by atoms with Crippen LogP contribution in [0.3, 0.4) is 0 Å². The highest BCUT2D eigenvalue weighted by molar-refractivity contribution is 6.43. The molecular formula is C39H37Cl2FN8O. The second kappa shape index (κ2) is 12.1. The molecule has 2 aliphatic carbocycles. The van der Waals surface area contributed by atoms with Gasteiger partial charge in [0.1, 0.15) is 11.2 Å². The van der Waals surface area contributed by atoms with Crippen LogP contribution in [-0.4, -0.2) is 54.5 Å². The number of hydrogen-bond donors (Lipinski definition) is 1. The number of fused-ring (bicyclic) bond motifs is 4. The molecule has 5 aliphatic rings. The largest absolute Gasteiger partial charge is 0.337 e. The van der Waals surface area contributed by atoms with E-state index < -0.39 is 5.82 Å². The first kappa shape index (κ1) is 32.6. The number of nitrogens with zero attached hydrogens (tertiary/aromatic N) is 7. The van der Waals surface area contributed by atoms with Crippen molar-refractivity contribution >= 4 is 56.5 Å². The lowest BCUT2D eigenvalue weighted by atomic mass is 9.79. The van der Waals surface area contributed by atoms with Gasteiger partial charge in [-0.15, -0.1) is 5.10 Å². The molecule has 2 aromatic carbocycles. The maximum atomic E-state index is 17.2. The number of likely N-dealkylation sites (tertiary alicyclic amines) is 1. The third kappa shape index (κ3) is 5.11. The first-order chi connectivity index (χ1) is 24.6. The van der Waals surface area contributed by atoms with Gasteiger partial charge in [0.05, 0.1) is 46.0 Å². The van der Waals surface area contributed by atoms with E-state index in [-0.39, 0.29) is 53.0 Å². The van der Waals surface area contributed by atoms with Gasteiger partial charge in [-0.25, -0.2) is 14.1 Å². The molecule has 5 fully saturated rings. The molecule has 3 aliphatic heterocycles. The zero-order valence-corrected chi connectivity index (χ0v) is 30.0. The number of carbonyl (C=O) groups excluding carboxylic acids is 1. The van der Waals surface area contributed by atoms with Gasteiger partial charge < -0.3 is 14.8 Å². The Morgan fingerprint density at radius 2 is 2.02 bits per heavy atom. The van der Waals surface area contributed by atoms with Crippen molar-refractivity contribution < 1.29 is 9.18 Å². The summed E-state index contributed by atoms with van der Waals surface area (Å²) in [4.78, 5) is 21.0. The van der Waals surface area contributed by atoms with Crippen LogP contribution in [0.1, 0.15) is 79.8 Å². The Labute approximate surface area is 305 Å². The predicted molar refractivity (Wildman–Crippen MR) is 196 cm³/mol. The highest BCUT2D eigenvalue weighted by Crippen LogP contribution is 2.52. The molecule has 10 rings (SSSR count). The normalized spacial score (nSPS) is 24.0. The monoisotopic (exact) mass is 722 g/mol. The van der Waals surface area contributed by atoms with Crippen LogP contribution in [0, 0.1) is 35.9 Å². The van der Waals surface area contributed by atoms with E-state index in [1.54, 1.807) is 18.2 Å². The SMILES string of the molecule is C=C(C)c1cn([C@H]2C[C@H](c3cc4c(C)nc5c(F)c(-c6cccc(Cl)c6Cl)c(CCC#N)cc5c4n3[C@H]3C4CNC3C4)N(C(=O)C3CC3)C2)nn1. The fourth-order valence-corrected chi connectivity index (χ4v) is 9.24. The number of rotatable bonds is 8. The molecule has 260 valence electrons. The highest BCUT2D eigenvalue weighted by atomic mass is 35.5. The molecule has 12 heteroatoms. The van der Waals surface area contributed by atoms with Crippen molar-refractivity contribution in [1.29, 1.82) is 5.26 Å². The van der Waals surface area contributed by atoms with Gasteiger partial charge in [-0.2, -0.15) is 5.26 Å². The standard InChI is InChI=1S/C39H37Cl2FN8O/c1-19(2)30-18-49(47-46-30)24-14-31(48(17-24)39(51)21-9-10-21)32-15-26-20(3)45-36-27(38(26)50(32)37-23-13-29(37)44-16-23)12-22(6-5-11-43)33(35(36)42)25-7-4-8-28(40)34(25)41/h4,7-8,12,15,18,21,23-24,29,31,37,44H,1,5-6,9-10,13-14,16-17H2,2-3H3/t23?,24-,29?,31+,37-/m0/s1. The molecule has 3 aromatic heterocycles. The van der Waals surface area contributed by atoms with Crippen molar-refractivity contribution in [1.82, 2.24) is 34.8 Å². The van der Waals surface area contributed by atoms with Crippen molar-refractivity contribution in [3.63, 3.8) is 0 Å². The number of halogens is 3. The molecule has 2 saturated carbocycles. The van der Waals surface area contributed by atoms with E-state index in [9.17, 15) is 10.1 Å². The number of allylic oxidation sites excluding steroid dienone is 1. The van der Waals surface area contributed by atoms with Crippen LogP contribution in [0.2, 0.25) is 10.0 Å². The second-order valence-corrected chi connectivity index (χ2v) is 15.6. The Bertz CT molecular complexity index is 2320. The first-order valence-electron chi connectivity index (χ1n) is 17.7. The lowest BCUT2D eigenvalue weighted by Crippen LogP contribution is -2.41. The summed E-state index contributed by atoms with van der Waals surface area (Å²) in [7, 11) is 0. The highest BCUT2D eigenvalue weighted by Gasteiger charge is 2.51. The second-order valence-electron chi connectivity index (χ2n) is 14.8. The predicted octanol–water partition coefficient (Wildman–Crippen LogP) is 8.15. The number of nitrogens with one attached hydrogen (secondary N) is 1. The lowest BCUT2D eigenvalue weighted by molar-refractivity contribution is -0.133. The van der Waals surface area contributed by atoms with Crippen LogP contribution in [0.5, 0.6) is 0 Å². The van der Waals surface area contributed by atoms with Gasteiger partial charge in [0.15, 0.2) is 5.82 Å². The molecule has 3 saturated heterocycles. The fraction of sp³-hybridized carbons (Fsp3) is 0.410. The van der Waals surface area contributed by atoms with E-state index in [0.717, 1.165) is 53.7 Å². The van der Waals surface area contributed by atoms with Crippen molar-refractivity contribution in [3.05, 3.63) is 81.6 Å². The van der Waals surface area contributed by atoms with Crippen molar-refractivity contribution in [2.45, 2.75) is 76.5 Å². The topological polar surface area (TPSA) is 105 Å². The quantitative estimate of drug-likeness (QED) is 0.173. The van der Waals surface area contributed by atoms with Crippen molar-refractivity contribution in [2.24, 2.45) is 11.8 Å². The number of nitriles is 1. The molecule has 1 amide bonds. The molecule has 5 aromatic rings. The van der Waals surface area contributed by atoms with Gasteiger partial charge in [-0.05, 0) is 81.2 Å². The van der Waals surface area contributed by atoms with Gasteiger partial charge in [0, 0.05) is 64.8 Å². The number of pyridine rings is 1. The van der Waals surface area contributed by atoms with Gasteiger partial charge in [0.2, 0.25) is 5.91 Å². The van der Waals surface area contributed by atoms with Crippen LogP contribution < -0.4 is 5.32 Å². The summed E-state index contributed by atoms with van der Waals surface area (Å²) in [6.07, 6.45) is 6.04. The van der Waals surface area contributed by atoms with Crippen LogP contribution in [0.4, 0.5) is 4.39 Å². The Balaban J connectivity index is 1.28. The first-order valence-corrected chi connectivity index (χ1v) is 18.5. The number of amides is 1. The summed E-state index contributed by atoms with van der Waals surface area (Å²) in [5, 5.41) is 24.3. The van der Waals surface area contributed by atoms with Crippen molar-refractivity contribution in [3.8, 4) is 17.2 Å². The molecule has 1 N–H and O–H groups in total. The average molecular weight is 724 g/mol. The van der Waals surface area contributed by atoms with E-state index in [1.165, 1.54) is 0 Å². The molecule has 9 nitrogen and oxygen atoms in total. The third-order valence-corrected chi connectivity index (χ3v) is 12.4. The molecular weight excluding hydrogens is 686 g/mol. The summed E-state index contributed by atoms with van der Waals surface area (Å²) < 4.78 is 21.5. The molecule has 5 atom stereocenters. The molecule has 0 spiro atoms. The third-order valence-electron chi connectivity index (χ3n) is 11.6. The smallest absolute Gasteiger partial charge is 0.226 e. The minimum atomic E-state index is -0.482. The van der Waals surface area contributed by atoms with Crippen LogP contribution >= 0.6 is 23.2 Å². The number of benzene rings is 2. The Morgan fingerprint density at radius 3 is 2.71 bits per heavy atom. The summed E-state index contributed by atoms with van der Waals surface area (Å²) in [5.41, 5.74) is 5.98. The fourth-order valence-electron chi connectivity index (χ4n) is 8.84. The minimum absolute atomic E-state index is 0.0464. The molecule has 0 radical (unpaired) electrons. The van der Waals surface area contributed by atoms with Gasteiger partial charge >= 0.3 is 0 Å².